The molecule has 1 aromatic carbocycles. The molecule has 0 saturated carbocycles. The number of nitrogens with one attached hydrogen (secondary N) is 1. The first kappa shape index (κ1) is 15.7. The van der Waals surface area contributed by atoms with Gasteiger partial charge in [0.15, 0.2) is 0 Å². The van der Waals surface area contributed by atoms with Gasteiger partial charge in [-0.15, -0.1) is 0 Å². The number of carbonyl (C=O) groups is 1. The van der Waals surface area contributed by atoms with Crippen molar-refractivity contribution in [2.45, 2.75) is 39.0 Å². The molecule has 0 radical (unpaired) electrons. The number of amides is 1. The van der Waals surface area contributed by atoms with Crippen LogP contribution in [0.15, 0.2) is 24.3 Å². The fraction of sp³-hybridized carbons (Fsp3) is 0.562. The molecule has 0 aliphatic rings. The number of hydrogen-bond donors (Lipinski definition) is 1. The molecule has 1 rings (SSSR count). The van der Waals surface area contributed by atoms with Crippen molar-refractivity contribution in [2.75, 3.05) is 25.5 Å². The SMILES string of the molecule is CNCCCC(=O)N(C)c1ccccc1C(C)(C)C. The molecule has 3 nitrogen and oxygen atoms in total. The molecule has 0 aliphatic carbocycles. The molecular weight excluding hydrogens is 236 g/mol. The predicted octanol–water partition coefficient (Wildman–Crippen LogP) is 2.95. The third-order valence-electron chi connectivity index (χ3n) is 3.26. The number of carbonyl (C=O) groups excluding carboxylic acids is 1. The number of benzene rings is 1. The summed E-state index contributed by atoms with van der Waals surface area (Å²) in [6, 6.07) is 8.15. The van der Waals surface area contributed by atoms with Crippen LogP contribution in [-0.4, -0.2) is 26.5 Å². The lowest BCUT2D eigenvalue weighted by molar-refractivity contribution is -0.118. The lowest BCUT2D eigenvalue weighted by Gasteiger charge is -2.27. The lowest BCUT2D eigenvalue weighted by Crippen LogP contribution is -2.29. The summed E-state index contributed by atoms with van der Waals surface area (Å²) in [5, 5.41) is 3.07. The van der Waals surface area contributed by atoms with Crippen molar-refractivity contribution in [1.29, 1.82) is 0 Å². The summed E-state index contributed by atoms with van der Waals surface area (Å²) in [6.45, 7) is 7.39. The first-order chi connectivity index (χ1) is 8.88. The van der Waals surface area contributed by atoms with Crippen LogP contribution in [0.5, 0.6) is 0 Å². The summed E-state index contributed by atoms with van der Waals surface area (Å²) in [4.78, 5) is 14.0. The largest absolute Gasteiger partial charge is 0.320 e. The Balaban J connectivity index is 2.87. The van der Waals surface area contributed by atoms with Gasteiger partial charge in [-0.05, 0) is 37.1 Å². The van der Waals surface area contributed by atoms with E-state index in [0.717, 1.165) is 18.7 Å². The normalized spacial score (nSPS) is 11.4. The van der Waals surface area contributed by atoms with Gasteiger partial charge in [-0.2, -0.15) is 0 Å². The van der Waals surface area contributed by atoms with Crippen LogP contribution in [0, 0.1) is 0 Å². The lowest BCUT2D eigenvalue weighted by atomic mass is 9.85. The second-order valence-electron chi connectivity index (χ2n) is 5.93. The second-order valence-corrected chi connectivity index (χ2v) is 5.93. The summed E-state index contributed by atoms with van der Waals surface area (Å²) in [7, 11) is 3.77. The van der Waals surface area contributed by atoms with Crippen LogP contribution in [0.1, 0.15) is 39.2 Å². The molecular formula is C16H26N2O. The summed E-state index contributed by atoms with van der Waals surface area (Å²) >= 11 is 0. The zero-order valence-corrected chi connectivity index (χ0v) is 12.8. The van der Waals surface area contributed by atoms with E-state index >= 15 is 0 Å². The third kappa shape index (κ3) is 4.35. The van der Waals surface area contributed by atoms with Gasteiger partial charge in [-0.1, -0.05) is 39.0 Å². The van der Waals surface area contributed by atoms with E-state index in [1.165, 1.54) is 5.56 Å². The minimum atomic E-state index is 0.0378. The van der Waals surface area contributed by atoms with Gasteiger partial charge >= 0.3 is 0 Å². The molecule has 0 aliphatic heterocycles. The minimum Gasteiger partial charge on any atom is -0.320 e. The molecule has 3 heteroatoms. The Morgan fingerprint density at radius 2 is 1.89 bits per heavy atom. The van der Waals surface area contributed by atoms with Gasteiger partial charge in [-0.3, -0.25) is 4.79 Å². The molecule has 0 heterocycles. The first-order valence-electron chi connectivity index (χ1n) is 6.88. The molecule has 106 valence electrons. The Hall–Kier alpha value is -1.35. The van der Waals surface area contributed by atoms with Gasteiger partial charge in [0, 0.05) is 19.2 Å². The van der Waals surface area contributed by atoms with Crippen molar-refractivity contribution in [1.82, 2.24) is 5.32 Å². The molecule has 0 fully saturated rings. The number of para-hydroxylation sites is 1. The Morgan fingerprint density at radius 1 is 1.26 bits per heavy atom. The Kier molecular flexibility index (Phi) is 5.55. The third-order valence-corrected chi connectivity index (χ3v) is 3.26. The molecule has 1 N–H and O–H groups in total. The van der Waals surface area contributed by atoms with Crippen molar-refractivity contribution in [3.8, 4) is 0 Å². The Labute approximate surface area is 117 Å². The van der Waals surface area contributed by atoms with Crippen LogP contribution in [0.2, 0.25) is 0 Å². The maximum absolute atomic E-state index is 12.2. The van der Waals surface area contributed by atoms with Gasteiger partial charge in [0.05, 0.1) is 0 Å². The van der Waals surface area contributed by atoms with Gasteiger partial charge < -0.3 is 10.2 Å². The highest BCUT2D eigenvalue weighted by molar-refractivity contribution is 5.93. The van der Waals surface area contributed by atoms with Crippen molar-refractivity contribution in [3.63, 3.8) is 0 Å². The van der Waals surface area contributed by atoms with Crippen LogP contribution in [-0.2, 0) is 10.2 Å². The van der Waals surface area contributed by atoms with E-state index in [4.69, 9.17) is 0 Å². The summed E-state index contributed by atoms with van der Waals surface area (Å²) < 4.78 is 0. The highest BCUT2D eigenvalue weighted by Crippen LogP contribution is 2.31. The number of nitrogens with zero attached hydrogens (tertiary/aromatic N) is 1. The molecule has 19 heavy (non-hydrogen) atoms. The first-order valence-corrected chi connectivity index (χ1v) is 6.88. The number of rotatable bonds is 5. The summed E-state index contributed by atoms with van der Waals surface area (Å²) in [6.07, 6.45) is 1.45. The van der Waals surface area contributed by atoms with Gasteiger partial charge in [0.25, 0.3) is 0 Å². The van der Waals surface area contributed by atoms with Crippen molar-refractivity contribution in [2.24, 2.45) is 0 Å². The molecule has 0 saturated heterocycles. The quantitative estimate of drug-likeness (QED) is 0.827. The fourth-order valence-electron chi connectivity index (χ4n) is 2.12. The standard InChI is InChI=1S/C16H26N2O/c1-16(2,3)13-9-6-7-10-14(13)18(5)15(19)11-8-12-17-4/h6-7,9-10,17H,8,11-12H2,1-5H3. The Morgan fingerprint density at radius 3 is 2.47 bits per heavy atom. The van der Waals surface area contributed by atoms with Crippen molar-refractivity contribution < 1.29 is 4.79 Å². The average molecular weight is 262 g/mol. The van der Waals surface area contributed by atoms with Gasteiger partial charge in [0.2, 0.25) is 5.91 Å². The van der Waals surface area contributed by atoms with Crippen LogP contribution >= 0.6 is 0 Å². The summed E-state index contributed by atoms with van der Waals surface area (Å²) in [5.41, 5.74) is 2.26. The van der Waals surface area contributed by atoms with E-state index in [0.29, 0.717) is 6.42 Å². The highest BCUT2D eigenvalue weighted by Gasteiger charge is 2.21. The molecule has 0 spiro atoms. The zero-order valence-electron chi connectivity index (χ0n) is 12.8. The van der Waals surface area contributed by atoms with E-state index in [1.54, 1.807) is 4.90 Å². The topological polar surface area (TPSA) is 32.3 Å². The molecule has 0 unspecified atom stereocenters. The molecule has 0 bridgehead atoms. The summed E-state index contributed by atoms with van der Waals surface area (Å²) in [5.74, 6) is 0.173. The minimum absolute atomic E-state index is 0.0378. The maximum Gasteiger partial charge on any atom is 0.226 e. The molecule has 0 atom stereocenters. The number of anilines is 1. The second kappa shape index (κ2) is 6.71. The van der Waals surface area contributed by atoms with Crippen molar-refractivity contribution >= 4 is 11.6 Å². The highest BCUT2D eigenvalue weighted by atomic mass is 16.2. The van der Waals surface area contributed by atoms with E-state index in [-0.39, 0.29) is 11.3 Å². The smallest absolute Gasteiger partial charge is 0.226 e. The van der Waals surface area contributed by atoms with Gasteiger partial charge in [-0.25, -0.2) is 0 Å². The Bertz CT molecular complexity index is 421. The van der Waals surface area contributed by atoms with Gasteiger partial charge in [0.1, 0.15) is 0 Å². The van der Waals surface area contributed by atoms with E-state index in [9.17, 15) is 4.79 Å². The average Bonchev–Trinajstić information content (AvgIpc) is 2.37. The zero-order chi connectivity index (χ0) is 14.5. The fourth-order valence-corrected chi connectivity index (χ4v) is 2.12. The van der Waals surface area contributed by atoms with Crippen LogP contribution in [0.25, 0.3) is 0 Å². The predicted molar refractivity (Wildman–Crippen MR) is 81.7 cm³/mol. The monoisotopic (exact) mass is 262 g/mol. The molecule has 1 aromatic rings. The van der Waals surface area contributed by atoms with Crippen LogP contribution in [0.3, 0.4) is 0 Å². The van der Waals surface area contributed by atoms with E-state index in [1.807, 2.05) is 32.3 Å². The maximum atomic E-state index is 12.2. The molecule has 0 aromatic heterocycles. The van der Waals surface area contributed by atoms with E-state index < -0.39 is 0 Å². The van der Waals surface area contributed by atoms with E-state index in [2.05, 4.69) is 32.2 Å². The van der Waals surface area contributed by atoms with Crippen molar-refractivity contribution in [3.05, 3.63) is 29.8 Å². The number of hydrogen-bond acceptors (Lipinski definition) is 2. The van der Waals surface area contributed by atoms with Crippen LogP contribution in [0.4, 0.5) is 5.69 Å². The molecule has 1 amide bonds. The van der Waals surface area contributed by atoms with Crippen LogP contribution < -0.4 is 10.2 Å².